The fourth-order valence-corrected chi connectivity index (χ4v) is 3.22. The Bertz CT molecular complexity index is 672. The van der Waals surface area contributed by atoms with Crippen molar-refractivity contribution < 1.29 is 4.79 Å². The van der Waals surface area contributed by atoms with Crippen molar-refractivity contribution in [3.8, 4) is 0 Å². The average molecular weight is 322 g/mol. The molecule has 3 rings (SSSR count). The number of hydrogen-bond acceptors (Lipinski definition) is 2. The summed E-state index contributed by atoms with van der Waals surface area (Å²) in [7, 11) is 0. The van der Waals surface area contributed by atoms with Gasteiger partial charge in [0.05, 0.1) is 6.42 Å². The summed E-state index contributed by atoms with van der Waals surface area (Å²) in [6.07, 6.45) is 4.36. The lowest BCUT2D eigenvalue weighted by molar-refractivity contribution is -0.115. The van der Waals surface area contributed by atoms with E-state index in [4.69, 9.17) is 0 Å². The number of carbonyl (C=O) groups excluding carboxylic acids is 1. The maximum Gasteiger partial charge on any atom is 0.228 e. The van der Waals surface area contributed by atoms with Crippen molar-refractivity contribution in [3.05, 3.63) is 65.2 Å². The molecule has 1 N–H and O–H groups in total. The number of benzene rings is 2. The lowest BCUT2D eigenvalue weighted by Gasteiger charge is -2.26. The Hall–Kier alpha value is -2.13. The molecule has 2 aromatic carbocycles. The van der Waals surface area contributed by atoms with Gasteiger partial charge in [-0.2, -0.15) is 0 Å². The predicted molar refractivity (Wildman–Crippen MR) is 99.1 cm³/mol. The van der Waals surface area contributed by atoms with Crippen LogP contribution in [0.1, 0.15) is 36.0 Å². The number of aryl methyl sites for hydroxylation is 1. The molecule has 1 aliphatic rings. The molecule has 1 heterocycles. The maximum atomic E-state index is 12.2. The fraction of sp³-hybridized carbons (Fsp3) is 0.381. The van der Waals surface area contributed by atoms with Gasteiger partial charge in [-0.25, -0.2) is 0 Å². The van der Waals surface area contributed by atoms with Crippen LogP contribution in [0.15, 0.2) is 48.5 Å². The van der Waals surface area contributed by atoms with Crippen LogP contribution in [0.2, 0.25) is 0 Å². The highest BCUT2D eigenvalue weighted by molar-refractivity contribution is 5.92. The van der Waals surface area contributed by atoms with E-state index < -0.39 is 0 Å². The summed E-state index contributed by atoms with van der Waals surface area (Å²) >= 11 is 0. The molecule has 0 aromatic heterocycles. The third kappa shape index (κ3) is 4.93. The lowest BCUT2D eigenvalue weighted by atomic mass is 10.1. The van der Waals surface area contributed by atoms with Crippen LogP contribution in [0.4, 0.5) is 5.69 Å². The number of nitrogens with zero attached hydrogens (tertiary/aromatic N) is 1. The number of nitrogens with one attached hydrogen (secondary N) is 1. The average Bonchev–Trinajstić information content (AvgIpc) is 2.58. The van der Waals surface area contributed by atoms with E-state index in [0.717, 1.165) is 17.8 Å². The first-order valence-electron chi connectivity index (χ1n) is 8.86. The highest BCUT2D eigenvalue weighted by Crippen LogP contribution is 2.16. The molecular formula is C21H26N2O. The Labute approximate surface area is 144 Å². The van der Waals surface area contributed by atoms with Crippen molar-refractivity contribution in [2.75, 3.05) is 18.4 Å². The van der Waals surface area contributed by atoms with E-state index >= 15 is 0 Å². The normalized spacial score (nSPS) is 15.2. The molecule has 0 unspecified atom stereocenters. The molecule has 0 aliphatic carbocycles. The number of amides is 1. The molecule has 1 aliphatic heterocycles. The molecule has 0 bridgehead atoms. The zero-order chi connectivity index (χ0) is 16.8. The maximum absolute atomic E-state index is 12.2. The van der Waals surface area contributed by atoms with Gasteiger partial charge in [-0.05, 0) is 56.1 Å². The molecule has 0 radical (unpaired) electrons. The first-order chi connectivity index (χ1) is 11.7. The Balaban J connectivity index is 1.57. The van der Waals surface area contributed by atoms with E-state index in [1.165, 1.54) is 43.5 Å². The summed E-state index contributed by atoms with van der Waals surface area (Å²) in [4.78, 5) is 14.7. The minimum absolute atomic E-state index is 0.0361. The van der Waals surface area contributed by atoms with Gasteiger partial charge < -0.3 is 5.32 Å². The van der Waals surface area contributed by atoms with Crippen LogP contribution in [-0.2, 0) is 17.8 Å². The largest absolute Gasteiger partial charge is 0.326 e. The number of likely N-dealkylation sites (tertiary alicyclic amines) is 1. The number of rotatable bonds is 5. The van der Waals surface area contributed by atoms with Gasteiger partial charge in [0, 0.05) is 12.2 Å². The molecule has 0 atom stereocenters. The number of hydrogen-bond donors (Lipinski definition) is 1. The van der Waals surface area contributed by atoms with Crippen molar-refractivity contribution in [2.24, 2.45) is 0 Å². The van der Waals surface area contributed by atoms with Crippen LogP contribution in [0, 0.1) is 6.92 Å². The number of anilines is 1. The smallest absolute Gasteiger partial charge is 0.228 e. The van der Waals surface area contributed by atoms with Gasteiger partial charge in [0.15, 0.2) is 0 Å². The molecule has 3 nitrogen and oxygen atoms in total. The number of carbonyl (C=O) groups is 1. The Kier molecular flexibility index (Phi) is 5.65. The molecule has 0 spiro atoms. The summed E-state index contributed by atoms with van der Waals surface area (Å²) in [5, 5.41) is 3.03. The monoisotopic (exact) mass is 322 g/mol. The van der Waals surface area contributed by atoms with Crippen molar-refractivity contribution in [3.63, 3.8) is 0 Å². The summed E-state index contributed by atoms with van der Waals surface area (Å²) in [5.74, 6) is 0.0361. The highest BCUT2D eigenvalue weighted by Gasteiger charge is 2.11. The predicted octanol–water partition coefficient (Wildman–Crippen LogP) is 4.16. The minimum atomic E-state index is 0.0361. The summed E-state index contributed by atoms with van der Waals surface area (Å²) < 4.78 is 0. The first kappa shape index (κ1) is 16.7. The van der Waals surface area contributed by atoms with Crippen LogP contribution in [0.25, 0.3) is 0 Å². The second kappa shape index (κ2) is 8.11. The number of piperidine rings is 1. The Morgan fingerprint density at radius 3 is 2.50 bits per heavy atom. The van der Waals surface area contributed by atoms with Gasteiger partial charge in [-0.15, -0.1) is 0 Å². The first-order valence-corrected chi connectivity index (χ1v) is 8.86. The van der Waals surface area contributed by atoms with Crippen molar-refractivity contribution >= 4 is 11.6 Å². The van der Waals surface area contributed by atoms with Gasteiger partial charge in [0.2, 0.25) is 5.91 Å². The van der Waals surface area contributed by atoms with E-state index in [1.807, 2.05) is 36.4 Å². The van der Waals surface area contributed by atoms with E-state index in [9.17, 15) is 4.79 Å². The SMILES string of the molecule is Cc1ccc(CC(=O)Nc2cccc(CN3CCCCC3)c2)cc1. The van der Waals surface area contributed by atoms with E-state index in [-0.39, 0.29) is 5.91 Å². The van der Waals surface area contributed by atoms with Crippen LogP contribution >= 0.6 is 0 Å². The Morgan fingerprint density at radius 2 is 1.75 bits per heavy atom. The van der Waals surface area contributed by atoms with E-state index in [1.54, 1.807) is 0 Å². The third-order valence-corrected chi connectivity index (χ3v) is 4.55. The van der Waals surface area contributed by atoms with Crippen LogP contribution in [0.3, 0.4) is 0 Å². The zero-order valence-electron chi connectivity index (χ0n) is 14.4. The second-order valence-electron chi connectivity index (χ2n) is 6.75. The van der Waals surface area contributed by atoms with Gasteiger partial charge >= 0.3 is 0 Å². The molecular weight excluding hydrogens is 296 g/mol. The molecule has 24 heavy (non-hydrogen) atoms. The molecule has 1 saturated heterocycles. The summed E-state index contributed by atoms with van der Waals surface area (Å²) in [5.41, 5.74) is 4.42. The zero-order valence-corrected chi connectivity index (χ0v) is 14.4. The van der Waals surface area contributed by atoms with Gasteiger partial charge in [-0.1, -0.05) is 48.4 Å². The molecule has 1 amide bonds. The van der Waals surface area contributed by atoms with Crippen molar-refractivity contribution in [1.82, 2.24) is 4.90 Å². The minimum Gasteiger partial charge on any atom is -0.326 e. The highest BCUT2D eigenvalue weighted by atomic mass is 16.1. The lowest BCUT2D eigenvalue weighted by Crippen LogP contribution is -2.29. The van der Waals surface area contributed by atoms with Gasteiger partial charge in [0.1, 0.15) is 0 Å². The van der Waals surface area contributed by atoms with Crippen LogP contribution in [0.5, 0.6) is 0 Å². The van der Waals surface area contributed by atoms with Gasteiger partial charge in [-0.3, -0.25) is 9.69 Å². The molecule has 2 aromatic rings. The molecule has 1 fully saturated rings. The van der Waals surface area contributed by atoms with Gasteiger partial charge in [0.25, 0.3) is 0 Å². The Morgan fingerprint density at radius 1 is 1.00 bits per heavy atom. The molecule has 3 heteroatoms. The van der Waals surface area contributed by atoms with Crippen molar-refractivity contribution in [1.29, 1.82) is 0 Å². The van der Waals surface area contributed by atoms with E-state index in [0.29, 0.717) is 6.42 Å². The molecule has 126 valence electrons. The van der Waals surface area contributed by atoms with Crippen LogP contribution in [-0.4, -0.2) is 23.9 Å². The van der Waals surface area contributed by atoms with E-state index in [2.05, 4.69) is 29.3 Å². The summed E-state index contributed by atoms with van der Waals surface area (Å²) in [6, 6.07) is 16.4. The third-order valence-electron chi connectivity index (χ3n) is 4.55. The van der Waals surface area contributed by atoms with Crippen molar-refractivity contribution in [2.45, 2.75) is 39.2 Å². The fourth-order valence-electron chi connectivity index (χ4n) is 3.22. The molecule has 0 saturated carbocycles. The topological polar surface area (TPSA) is 32.3 Å². The quantitative estimate of drug-likeness (QED) is 0.896. The van der Waals surface area contributed by atoms with Crippen LogP contribution < -0.4 is 5.32 Å². The summed E-state index contributed by atoms with van der Waals surface area (Å²) in [6.45, 7) is 5.40. The standard InChI is InChI=1S/C21H26N2O/c1-17-8-10-18(11-9-17)15-21(24)22-20-7-5-6-19(14-20)16-23-12-3-2-4-13-23/h5-11,14H,2-4,12-13,15-16H2,1H3,(H,22,24). The second-order valence-corrected chi connectivity index (χ2v) is 6.75.